The number of unbranched alkanes of at least 4 members (excludes halogenated alkanes) is 36. The van der Waals surface area contributed by atoms with Gasteiger partial charge in [-0.05, 0) is 169 Å². The van der Waals surface area contributed by atoms with E-state index in [1.165, 1.54) is 205 Å². The van der Waals surface area contributed by atoms with Gasteiger partial charge in [0, 0.05) is 64.2 Å². The van der Waals surface area contributed by atoms with E-state index >= 15 is 0 Å². The fraction of sp³-hybridized carbons (Fsp3) is 0.435. The van der Waals surface area contributed by atoms with E-state index in [1.54, 1.807) is 24.3 Å². The number of fused-ring (bicyclic) bond motifs is 10. The number of carbonyl (C=O) groups is 1. The molecule has 660 valence electrons. The summed E-state index contributed by atoms with van der Waals surface area (Å²) in [6.07, 6.45) is 57.1. The molecule has 0 saturated carbocycles. The lowest BCUT2D eigenvalue weighted by Crippen LogP contribution is -2.07. The summed E-state index contributed by atoms with van der Waals surface area (Å²) in [6, 6.07) is 53.3. The van der Waals surface area contributed by atoms with E-state index in [-0.39, 0.29) is 5.56 Å². The first-order valence-electron chi connectivity index (χ1n) is 48.7. The fourth-order valence-corrected chi connectivity index (χ4v) is 17.4. The lowest BCUT2D eigenvalue weighted by Gasteiger charge is -2.18. The third kappa shape index (κ3) is 27.7. The van der Waals surface area contributed by atoms with Gasteiger partial charge in [-0.1, -0.05) is 355 Å². The van der Waals surface area contributed by atoms with Gasteiger partial charge in [0.15, 0.2) is 0 Å². The Bertz CT molecular complexity index is 5330. The number of H-pyrrole nitrogens is 2. The van der Waals surface area contributed by atoms with E-state index < -0.39 is 5.97 Å². The van der Waals surface area contributed by atoms with Gasteiger partial charge in [0.05, 0.1) is 88.1 Å². The number of aromatic nitrogens is 4. The van der Waals surface area contributed by atoms with E-state index in [1.807, 2.05) is 0 Å². The Balaban J connectivity index is 1.07. The number of nitrogens with zero attached hydrogens (tertiary/aromatic N) is 3. The van der Waals surface area contributed by atoms with Crippen LogP contribution in [0.25, 0.3) is 90.2 Å². The Morgan fingerprint density at radius 2 is 0.563 bits per heavy atom. The maximum Gasteiger partial charge on any atom is 0.335 e. The molecule has 3 N–H and O–H groups in total. The van der Waals surface area contributed by atoms with Gasteiger partial charge >= 0.3 is 5.97 Å². The van der Waals surface area contributed by atoms with Crippen molar-refractivity contribution in [3.8, 4) is 80.8 Å². The second kappa shape index (κ2) is 52.1. The molecule has 126 heavy (non-hydrogen) atoms. The molecule has 8 bridgehead atoms. The highest BCUT2D eigenvalue weighted by Gasteiger charge is 2.26. The van der Waals surface area contributed by atoms with Crippen LogP contribution in [0.15, 0.2) is 158 Å². The van der Waals surface area contributed by atoms with Crippen LogP contribution in [-0.4, -0.2) is 71.5 Å². The maximum atomic E-state index is 12.3. The van der Waals surface area contributed by atoms with Gasteiger partial charge in [-0.3, -0.25) is 0 Å². The number of rotatable bonds is 52. The molecule has 12 rings (SSSR count). The number of carboxylic acids is 1. The van der Waals surface area contributed by atoms with Crippen molar-refractivity contribution in [1.29, 1.82) is 0 Å². The van der Waals surface area contributed by atoms with E-state index in [2.05, 4.69) is 250 Å². The third-order valence-electron chi connectivity index (χ3n) is 24.7. The molecule has 5 heterocycles. The number of ether oxygens (including phenoxy) is 4. The third-order valence-corrected chi connectivity index (χ3v) is 24.7. The van der Waals surface area contributed by atoms with Crippen LogP contribution in [0, 0.1) is 35.5 Å². The van der Waals surface area contributed by atoms with Crippen molar-refractivity contribution in [2.45, 2.75) is 285 Å². The smallest absolute Gasteiger partial charge is 0.335 e. The number of hydrogen-bond acceptors (Lipinski definition) is 8. The molecule has 0 unspecified atom stereocenters. The average Bonchev–Trinajstić information content (AvgIpc) is 1.26. The van der Waals surface area contributed by atoms with Gasteiger partial charge in [-0.2, -0.15) is 0 Å². The van der Waals surface area contributed by atoms with Gasteiger partial charge in [-0.25, -0.2) is 14.8 Å². The van der Waals surface area contributed by atoms with Crippen LogP contribution in [-0.2, 0) is 0 Å². The first kappa shape index (κ1) is 94.0. The number of carboxylic acid groups (broad SMARTS) is 1. The minimum atomic E-state index is -0.999. The summed E-state index contributed by atoms with van der Waals surface area (Å²) in [5.74, 6) is 24.0. The van der Waals surface area contributed by atoms with Crippen molar-refractivity contribution in [1.82, 2.24) is 19.9 Å². The van der Waals surface area contributed by atoms with Crippen LogP contribution in [0.3, 0.4) is 0 Å². The Morgan fingerprint density at radius 3 is 0.873 bits per heavy atom. The molecule has 2 aliphatic rings. The molecule has 0 aliphatic carbocycles. The molecule has 3 aromatic heterocycles. The zero-order chi connectivity index (χ0) is 87.5. The van der Waals surface area contributed by atoms with Crippen molar-refractivity contribution in [2.24, 2.45) is 0 Å². The van der Waals surface area contributed by atoms with Crippen LogP contribution in [0.2, 0.25) is 0 Å². The normalized spacial score (nSPS) is 11.5. The number of anilines is 1. The fourth-order valence-electron chi connectivity index (χ4n) is 17.4. The Morgan fingerprint density at radius 1 is 0.294 bits per heavy atom. The number of aromatic amines is 2. The molecule has 0 atom stereocenters. The highest BCUT2D eigenvalue weighted by Crippen LogP contribution is 2.46. The van der Waals surface area contributed by atoms with Gasteiger partial charge in [0.1, 0.15) is 23.0 Å². The zero-order valence-electron chi connectivity index (χ0n) is 76.8. The van der Waals surface area contributed by atoms with Crippen molar-refractivity contribution in [3.63, 3.8) is 0 Å². The molecular formula is C115H139N5O6. The van der Waals surface area contributed by atoms with Crippen molar-refractivity contribution in [3.05, 3.63) is 219 Å². The lowest BCUT2D eigenvalue weighted by atomic mass is 9.91. The van der Waals surface area contributed by atoms with Crippen LogP contribution >= 0.6 is 0 Å². The molecule has 11 nitrogen and oxygen atoms in total. The largest absolute Gasteiger partial charge is 0.493 e. The number of nitrogens with one attached hydrogen (secondary N) is 2. The standard InChI is InChI=1S/C115H139N5O6/c1-7-11-15-19-23-27-31-35-39-47-83-123-107-57-51-58-108(124-84-48-40-36-32-28-24-20-16-12-8-2)113(107)111-103-79-75-99(116-103)97(72-66-87-61-67-89(68-62-87)115(121)122)100-76-80-104(117-100)112(114-109(125-85-49-41-37-33-29-25-21-17-13-9-3)59-52-60-110(114)126-86-50-42-38-34-30-26-22-18-14-10-4)106-82-78-102(119-106)98(101-77-81-105(111)118-101)74-73-96-93-55-45-43-53-91(93)95(92-54-44-46-56-94(92)96)71-65-88-63-69-90(70-64-88)120(5)6/h43-46,51-64,67-70,75-82,116,119H,7-42,47-50,83-86H2,1-6H3,(H,121,122). The monoisotopic (exact) mass is 1690 g/mol. The van der Waals surface area contributed by atoms with E-state index in [0.717, 1.165) is 140 Å². The topological polar surface area (TPSA) is 135 Å². The number of aromatic carboxylic acids is 1. The molecule has 7 aromatic carbocycles. The molecule has 11 heteroatoms. The molecular weight excluding hydrogens is 1550 g/mol. The van der Waals surface area contributed by atoms with E-state index in [4.69, 9.17) is 28.9 Å². The molecule has 0 amide bonds. The lowest BCUT2D eigenvalue weighted by molar-refractivity contribution is 0.0696. The van der Waals surface area contributed by atoms with Crippen molar-refractivity contribution in [2.75, 3.05) is 45.4 Å². The molecule has 2 aliphatic heterocycles. The predicted molar refractivity (Wildman–Crippen MR) is 533 cm³/mol. The summed E-state index contributed by atoms with van der Waals surface area (Å²) in [5.41, 5.74) is 14.9. The highest BCUT2D eigenvalue weighted by atomic mass is 16.5. The van der Waals surface area contributed by atoms with E-state index in [0.29, 0.717) is 88.9 Å². The SMILES string of the molecule is CCCCCCCCCCCCOc1cccc(OCCCCCCCCCCCC)c1-c1c2nc(c(C#Cc3c4ccccc4c(C#Cc4ccc(N(C)C)cc4)c4ccccc34)c3ccc([nH]3)c(-c3c(OCCCCCCCCCCCC)cccc3OCCCCCCCCCCCC)c3nc(c(C#Cc4ccc(C(=O)O)cc4)c4ccc1[nH]4)C=C3)C=C2. The molecule has 0 fully saturated rings. The summed E-state index contributed by atoms with van der Waals surface area (Å²) in [5, 5.41) is 14.1. The first-order valence-corrected chi connectivity index (χ1v) is 48.7. The Kier molecular flexibility index (Phi) is 38.8. The molecule has 0 spiro atoms. The van der Waals surface area contributed by atoms with Gasteiger partial charge in [0.2, 0.25) is 0 Å². The summed E-state index contributed by atoms with van der Waals surface area (Å²) in [4.78, 5) is 34.0. The highest BCUT2D eigenvalue weighted by molar-refractivity contribution is 6.10. The summed E-state index contributed by atoms with van der Waals surface area (Å²) >= 11 is 0. The molecule has 10 aromatic rings. The molecule has 0 saturated heterocycles. The summed E-state index contributed by atoms with van der Waals surface area (Å²) in [6.45, 7) is 11.3. The van der Waals surface area contributed by atoms with Gasteiger partial charge in [-0.15, -0.1) is 0 Å². The molecule has 0 radical (unpaired) electrons. The van der Waals surface area contributed by atoms with Crippen LogP contribution in [0.4, 0.5) is 5.69 Å². The van der Waals surface area contributed by atoms with Crippen LogP contribution < -0.4 is 23.8 Å². The predicted octanol–water partition coefficient (Wildman–Crippen LogP) is 31.5. The minimum absolute atomic E-state index is 0.185. The second-order valence-corrected chi connectivity index (χ2v) is 34.8. The zero-order valence-corrected chi connectivity index (χ0v) is 76.8. The van der Waals surface area contributed by atoms with Gasteiger partial charge in [0.25, 0.3) is 0 Å². The Hall–Kier alpha value is -11.2. The second-order valence-electron chi connectivity index (χ2n) is 34.8. The Labute approximate surface area is 753 Å². The van der Waals surface area contributed by atoms with Gasteiger partial charge < -0.3 is 38.9 Å². The van der Waals surface area contributed by atoms with Crippen molar-refractivity contribution >= 4 is 79.6 Å². The van der Waals surface area contributed by atoms with Crippen molar-refractivity contribution < 1.29 is 28.8 Å². The summed E-state index contributed by atoms with van der Waals surface area (Å²) < 4.78 is 28.6. The maximum absolute atomic E-state index is 12.3. The number of benzene rings is 7. The number of hydrogen-bond donors (Lipinski definition) is 3. The van der Waals surface area contributed by atoms with E-state index in [9.17, 15) is 9.90 Å². The minimum Gasteiger partial charge on any atom is -0.493 e. The van der Waals surface area contributed by atoms with Crippen LogP contribution in [0.5, 0.6) is 23.0 Å². The van der Waals surface area contributed by atoms with Crippen LogP contribution in [0.1, 0.15) is 351 Å². The summed E-state index contributed by atoms with van der Waals surface area (Å²) in [7, 11) is 4.11. The quantitative estimate of drug-likeness (QED) is 0.0193. The average molecular weight is 1690 g/mol. The first-order chi connectivity index (χ1) is 62.1.